The molecule has 1 N–H and O–H groups in total. The Hall–Kier alpha value is -2.14. The Kier molecular flexibility index (Phi) is 4.45. The van der Waals surface area contributed by atoms with Crippen molar-refractivity contribution in [3.05, 3.63) is 40.9 Å². The second kappa shape index (κ2) is 6.40. The predicted octanol–water partition coefficient (Wildman–Crippen LogP) is 2.93. The maximum atomic E-state index is 12.5. The first-order chi connectivity index (χ1) is 11.4. The Bertz CT molecular complexity index is 718. The molecule has 1 heterocycles. The van der Waals surface area contributed by atoms with Gasteiger partial charge in [-0.05, 0) is 44.4 Å². The SMILES string of the molecule is Cc1ccc(NC(=O)[C@H](C)N2C(=O)[C@@H]3CC=CC[C@H]3C2=O)cc1Cl. The highest BCUT2D eigenvalue weighted by Gasteiger charge is 2.50. The molecule has 0 aromatic heterocycles. The Balaban J connectivity index is 1.74. The third-order valence-electron chi connectivity index (χ3n) is 4.75. The fourth-order valence-electron chi connectivity index (χ4n) is 3.24. The molecular formula is C18H19ClN2O3. The van der Waals surface area contributed by atoms with Gasteiger partial charge < -0.3 is 5.32 Å². The Morgan fingerprint density at radius 2 is 1.79 bits per heavy atom. The van der Waals surface area contributed by atoms with Crippen molar-refractivity contribution >= 4 is 35.0 Å². The number of hydrogen-bond donors (Lipinski definition) is 1. The number of anilines is 1. The lowest BCUT2D eigenvalue weighted by atomic mass is 9.85. The molecule has 3 amide bonds. The first-order valence-electron chi connectivity index (χ1n) is 7.99. The summed E-state index contributed by atoms with van der Waals surface area (Å²) in [6, 6.07) is 4.34. The minimum absolute atomic E-state index is 0.251. The van der Waals surface area contributed by atoms with Gasteiger partial charge in [0.15, 0.2) is 0 Å². The molecule has 3 rings (SSSR count). The zero-order valence-electron chi connectivity index (χ0n) is 13.6. The van der Waals surface area contributed by atoms with Gasteiger partial charge in [0.1, 0.15) is 6.04 Å². The number of carbonyl (C=O) groups excluding carboxylic acids is 3. The van der Waals surface area contributed by atoms with Gasteiger partial charge in [0.25, 0.3) is 0 Å². The summed E-state index contributed by atoms with van der Waals surface area (Å²) in [6.07, 6.45) is 4.98. The van der Waals surface area contributed by atoms with Crippen LogP contribution in [0.2, 0.25) is 5.02 Å². The monoisotopic (exact) mass is 346 g/mol. The van der Waals surface area contributed by atoms with E-state index in [-0.39, 0.29) is 23.7 Å². The maximum Gasteiger partial charge on any atom is 0.247 e. The summed E-state index contributed by atoms with van der Waals surface area (Å²) in [7, 11) is 0. The van der Waals surface area contributed by atoms with Crippen molar-refractivity contribution in [2.45, 2.75) is 32.7 Å². The summed E-state index contributed by atoms with van der Waals surface area (Å²) in [4.78, 5) is 38.6. The van der Waals surface area contributed by atoms with Gasteiger partial charge in [-0.2, -0.15) is 0 Å². The first kappa shape index (κ1) is 16.7. The Morgan fingerprint density at radius 1 is 1.21 bits per heavy atom. The number of aryl methyl sites for hydroxylation is 1. The Labute approximate surface area is 145 Å². The van der Waals surface area contributed by atoms with Gasteiger partial charge in [0.05, 0.1) is 11.8 Å². The molecule has 0 spiro atoms. The molecule has 1 saturated heterocycles. The van der Waals surface area contributed by atoms with Crippen LogP contribution in [0.3, 0.4) is 0 Å². The highest BCUT2D eigenvalue weighted by Crippen LogP contribution is 2.36. The lowest BCUT2D eigenvalue weighted by molar-refractivity contribution is -0.146. The summed E-state index contributed by atoms with van der Waals surface area (Å²) in [5, 5.41) is 3.27. The summed E-state index contributed by atoms with van der Waals surface area (Å²) < 4.78 is 0. The van der Waals surface area contributed by atoms with Gasteiger partial charge in [-0.1, -0.05) is 29.8 Å². The van der Waals surface area contributed by atoms with Crippen molar-refractivity contribution in [3.8, 4) is 0 Å². The molecule has 6 heteroatoms. The number of imide groups is 1. The topological polar surface area (TPSA) is 66.5 Å². The van der Waals surface area contributed by atoms with E-state index >= 15 is 0 Å². The van der Waals surface area contributed by atoms with E-state index in [0.717, 1.165) is 10.5 Å². The van der Waals surface area contributed by atoms with Crippen molar-refractivity contribution in [2.75, 3.05) is 5.32 Å². The lowest BCUT2D eigenvalue weighted by Crippen LogP contribution is -2.46. The zero-order valence-corrected chi connectivity index (χ0v) is 14.3. The summed E-state index contributed by atoms with van der Waals surface area (Å²) >= 11 is 6.06. The highest BCUT2D eigenvalue weighted by molar-refractivity contribution is 6.31. The normalized spacial score (nSPS) is 24.0. The molecule has 1 fully saturated rings. The molecule has 1 aromatic rings. The minimum Gasteiger partial charge on any atom is -0.324 e. The van der Waals surface area contributed by atoms with Crippen LogP contribution in [0.4, 0.5) is 5.69 Å². The van der Waals surface area contributed by atoms with Gasteiger partial charge in [-0.25, -0.2) is 0 Å². The number of rotatable bonds is 3. The molecule has 3 atom stereocenters. The summed E-state index contributed by atoms with van der Waals surface area (Å²) in [5.41, 5.74) is 1.45. The van der Waals surface area contributed by atoms with Crippen molar-refractivity contribution in [1.29, 1.82) is 0 Å². The first-order valence-corrected chi connectivity index (χ1v) is 8.37. The van der Waals surface area contributed by atoms with Crippen LogP contribution in [0, 0.1) is 18.8 Å². The molecule has 5 nitrogen and oxygen atoms in total. The third-order valence-corrected chi connectivity index (χ3v) is 5.15. The second-order valence-electron chi connectivity index (χ2n) is 6.33. The lowest BCUT2D eigenvalue weighted by Gasteiger charge is -2.22. The van der Waals surface area contributed by atoms with Gasteiger partial charge in [0, 0.05) is 10.7 Å². The van der Waals surface area contributed by atoms with E-state index in [1.54, 1.807) is 25.1 Å². The molecule has 126 valence electrons. The van der Waals surface area contributed by atoms with Gasteiger partial charge in [-0.3, -0.25) is 19.3 Å². The van der Waals surface area contributed by atoms with E-state index in [4.69, 9.17) is 11.6 Å². The van der Waals surface area contributed by atoms with E-state index in [9.17, 15) is 14.4 Å². The van der Waals surface area contributed by atoms with Gasteiger partial charge in [0.2, 0.25) is 17.7 Å². The van der Waals surface area contributed by atoms with Crippen LogP contribution in [0.25, 0.3) is 0 Å². The summed E-state index contributed by atoms with van der Waals surface area (Å²) in [5.74, 6) is -1.56. The van der Waals surface area contributed by atoms with Crippen LogP contribution in [-0.2, 0) is 14.4 Å². The number of nitrogens with zero attached hydrogens (tertiary/aromatic N) is 1. The average molecular weight is 347 g/mol. The van der Waals surface area contributed by atoms with Crippen molar-refractivity contribution in [3.63, 3.8) is 0 Å². The second-order valence-corrected chi connectivity index (χ2v) is 6.74. The summed E-state index contributed by atoms with van der Waals surface area (Å²) in [6.45, 7) is 3.44. The van der Waals surface area contributed by atoms with Gasteiger partial charge >= 0.3 is 0 Å². The van der Waals surface area contributed by atoms with Crippen LogP contribution in [0.15, 0.2) is 30.4 Å². The number of allylic oxidation sites excluding steroid dienone is 2. The number of halogens is 1. The van der Waals surface area contributed by atoms with E-state index < -0.39 is 11.9 Å². The van der Waals surface area contributed by atoms with Crippen molar-refractivity contribution in [2.24, 2.45) is 11.8 Å². The molecule has 1 aromatic carbocycles. The third kappa shape index (κ3) is 2.84. The quantitative estimate of drug-likeness (QED) is 0.676. The average Bonchev–Trinajstić information content (AvgIpc) is 2.82. The van der Waals surface area contributed by atoms with E-state index in [0.29, 0.717) is 23.6 Å². The molecule has 1 aliphatic heterocycles. The van der Waals surface area contributed by atoms with Gasteiger partial charge in [-0.15, -0.1) is 0 Å². The largest absolute Gasteiger partial charge is 0.324 e. The molecule has 0 bridgehead atoms. The fourth-order valence-corrected chi connectivity index (χ4v) is 3.42. The van der Waals surface area contributed by atoms with Crippen LogP contribution in [0.5, 0.6) is 0 Å². The Morgan fingerprint density at radius 3 is 2.33 bits per heavy atom. The highest BCUT2D eigenvalue weighted by atomic mass is 35.5. The zero-order chi connectivity index (χ0) is 17.4. The maximum absolute atomic E-state index is 12.5. The van der Waals surface area contributed by atoms with Crippen molar-refractivity contribution < 1.29 is 14.4 Å². The molecule has 24 heavy (non-hydrogen) atoms. The van der Waals surface area contributed by atoms with Crippen LogP contribution in [-0.4, -0.2) is 28.7 Å². The molecule has 1 aliphatic carbocycles. The van der Waals surface area contributed by atoms with E-state index in [1.807, 2.05) is 19.1 Å². The van der Waals surface area contributed by atoms with Crippen LogP contribution in [0.1, 0.15) is 25.3 Å². The number of hydrogen-bond acceptors (Lipinski definition) is 3. The number of fused-ring (bicyclic) bond motifs is 1. The van der Waals surface area contributed by atoms with Crippen LogP contribution >= 0.6 is 11.6 Å². The van der Waals surface area contributed by atoms with Crippen LogP contribution < -0.4 is 5.32 Å². The molecule has 2 aliphatic rings. The number of likely N-dealkylation sites (tertiary alicyclic amines) is 1. The molecular weight excluding hydrogens is 328 g/mol. The smallest absolute Gasteiger partial charge is 0.247 e. The predicted molar refractivity (Wildman–Crippen MR) is 91.5 cm³/mol. The fraction of sp³-hybridized carbons (Fsp3) is 0.389. The molecule has 0 unspecified atom stereocenters. The molecule has 0 saturated carbocycles. The van der Waals surface area contributed by atoms with Crippen molar-refractivity contribution in [1.82, 2.24) is 4.90 Å². The number of amides is 3. The van der Waals surface area contributed by atoms with E-state index in [1.165, 1.54) is 0 Å². The number of benzene rings is 1. The standard InChI is InChI=1S/C18H19ClN2O3/c1-10-7-8-12(9-15(10)19)20-16(22)11(2)21-17(23)13-5-3-4-6-14(13)18(21)24/h3-4,7-9,11,13-14H,5-6H2,1-2H3,(H,20,22)/t11-,13+,14+/m0/s1. The molecule has 0 radical (unpaired) electrons. The number of nitrogens with one attached hydrogen (secondary N) is 1. The minimum atomic E-state index is -0.851. The number of carbonyl (C=O) groups is 3. The van der Waals surface area contributed by atoms with E-state index in [2.05, 4.69) is 5.32 Å².